The minimum atomic E-state index is -0.415. The number of hydrogen-bond donors (Lipinski definition) is 0. The SMILES string of the molecule is CC1(C)c2ccccc2-c2nc3ccccc3c(-c3ccc(-c4ccc5c(c4)C(c4ccccc4)(c4ccccc4)c4ccccc4-5)cc3)c21. The van der Waals surface area contributed by atoms with Crippen molar-refractivity contribution in [3.63, 3.8) is 0 Å². The minimum absolute atomic E-state index is 0.163. The van der Waals surface area contributed by atoms with Gasteiger partial charge in [0, 0.05) is 16.4 Å². The molecule has 2 aliphatic rings. The van der Waals surface area contributed by atoms with Crippen LogP contribution in [0.15, 0.2) is 176 Å². The molecule has 0 atom stereocenters. The van der Waals surface area contributed by atoms with Gasteiger partial charge in [-0.1, -0.05) is 178 Å². The maximum absolute atomic E-state index is 5.26. The highest BCUT2D eigenvalue weighted by atomic mass is 14.7. The topological polar surface area (TPSA) is 12.9 Å². The van der Waals surface area contributed by atoms with Gasteiger partial charge in [0.05, 0.1) is 16.6 Å². The number of para-hydroxylation sites is 1. The molecule has 7 aromatic carbocycles. The van der Waals surface area contributed by atoms with Crippen LogP contribution in [-0.4, -0.2) is 4.98 Å². The first-order chi connectivity index (χ1) is 24.6. The number of fused-ring (bicyclic) bond motifs is 7. The molecule has 1 heterocycles. The normalized spacial score (nSPS) is 14.5. The molecule has 0 fully saturated rings. The summed E-state index contributed by atoms with van der Waals surface area (Å²) >= 11 is 0. The first-order valence-electron chi connectivity index (χ1n) is 17.6. The Hall–Kier alpha value is -6.05. The number of pyridine rings is 1. The lowest BCUT2D eigenvalue weighted by Crippen LogP contribution is -2.28. The first-order valence-corrected chi connectivity index (χ1v) is 17.6. The Balaban J connectivity index is 1.16. The lowest BCUT2D eigenvalue weighted by atomic mass is 9.67. The Kier molecular flexibility index (Phi) is 6.20. The van der Waals surface area contributed by atoms with Crippen LogP contribution >= 0.6 is 0 Å². The van der Waals surface area contributed by atoms with Crippen molar-refractivity contribution in [1.29, 1.82) is 0 Å². The molecule has 8 aromatic rings. The van der Waals surface area contributed by atoms with Gasteiger partial charge in [0.25, 0.3) is 0 Å². The average Bonchev–Trinajstić information content (AvgIpc) is 3.60. The van der Waals surface area contributed by atoms with Crippen LogP contribution in [0.1, 0.15) is 47.2 Å². The third-order valence-corrected chi connectivity index (χ3v) is 11.3. The Morgan fingerprint density at radius 2 is 0.960 bits per heavy atom. The molecule has 0 unspecified atom stereocenters. The molecular weight excluding hydrogens is 603 g/mol. The van der Waals surface area contributed by atoms with E-state index in [-0.39, 0.29) is 5.41 Å². The van der Waals surface area contributed by atoms with Crippen molar-refractivity contribution >= 4 is 10.9 Å². The summed E-state index contributed by atoms with van der Waals surface area (Å²) in [5.41, 5.74) is 18.2. The molecule has 0 aliphatic heterocycles. The zero-order valence-electron chi connectivity index (χ0n) is 28.2. The molecule has 0 amide bonds. The summed E-state index contributed by atoms with van der Waals surface area (Å²) in [4.78, 5) is 5.26. The van der Waals surface area contributed by atoms with Crippen molar-refractivity contribution in [1.82, 2.24) is 4.98 Å². The summed E-state index contributed by atoms with van der Waals surface area (Å²) < 4.78 is 0. The van der Waals surface area contributed by atoms with Crippen molar-refractivity contribution in [2.24, 2.45) is 0 Å². The number of rotatable bonds is 4. The third kappa shape index (κ3) is 3.92. The second-order valence-corrected chi connectivity index (χ2v) is 14.3. The average molecular weight is 638 g/mol. The number of aromatic nitrogens is 1. The molecular formula is C49H35N. The zero-order chi connectivity index (χ0) is 33.5. The minimum Gasteiger partial charge on any atom is -0.247 e. The van der Waals surface area contributed by atoms with Gasteiger partial charge in [-0.2, -0.15) is 0 Å². The lowest BCUT2D eigenvalue weighted by molar-refractivity contribution is 0.662. The molecule has 0 saturated heterocycles. The van der Waals surface area contributed by atoms with Crippen LogP contribution in [0.4, 0.5) is 0 Å². The highest BCUT2D eigenvalue weighted by Gasteiger charge is 2.46. The monoisotopic (exact) mass is 637 g/mol. The second-order valence-electron chi connectivity index (χ2n) is 14.3. The van der Waals surface area contributed by atoms with Crippen LogP contribution in [-0.2, 0) is 10.8 Å². The molecule has 2 aliphatic carbocycles. The summed E-state index contributed by atoms with van der Waals surface area (Å²) in [5.74, 6) is 0. The molecule has 1 aromatic heterocycles. The summed E-state index contributed by atoms with van der Waals surface area (Å²) in [6.45, 7) is 4.69. The highest BCUT2D eigenvalue weighted by Crippen LogP contribution is 2.57. The molecule has 0 N–H and O–H groups in total. The fraction of sp³-hybridized carbons (Fsp3) is 0.0816. The molecule has 0 spiro atoms. The van der Waals surface area contributed by atoms with Crippen molar-refractivity contribution < 1.29 is 0 Å². The quantitative estimate of drug-likeness (QED) is 0.187. The number of benzene rings is 7. The van der Waals surface area contributed by atoms with E-state index in [0.29, 0.717) is 0 Å². The van der Waals surface area contributed by atoms with E-state index in [1.54, 1.807) is 0 Å². The number of nitrogens with zero attached hydrogens (tertiary/aromatic N) is 1. The second kappa shape index (κ2) is 10.7. The molecule has 0 bridgehead atoms. The molecule has 236 valence electrons. The number of hydrogen-bond acceptors (Lipinski definition) is 1. The fourth-order valence-electron chi connectivity index (χ4n) is 9.14. The molecule has 1 heteroatoms. The lowest BCUT2D eigenvalue weighted by Gasteiger charge is -2.34. The first kappa shape index (κ1) is 28.9. The summed E-state index contributed by atoms with van der Waals surface area (Å²) in [7, 11) is 0. The smallest absolute Gasteiger partial charge is 0.0759 e. The van der Waals surface area contributed by atoms with E-state index in [1.807, 2.05) is 0 Å². The maximum Gasteiger partial charge on any atom is 0.0759 e. The molecule has 10 rings (SSSR count). The predicted octanol–water partition coefficient (Wildman–Crippen LogP) is 12.2. The van der Waals surface area contributed by atoms with Crippen molar-refractivity contribution in [2.75, 3.05) is 0 Å². The summed E-state index contributed by atoms with van der Waals surface area (Å²) in [5, 5.41) is 1.20. The van der Waals surface area contributed by atoms with Gasteiger partial charge in [-0.05, 0) is 78.9 Å². The Morgan fingerprint density at radius 1 is 0.420 bits per heavy atom. The van der Waals surface area contributed by atoms with Crippen molar-refractivity contribution in [3.05, 3.63) is 209 Å². The van der Waals surface area contributed by atoms with Crippen LogP contribution in [0.5, 0.6) is 0 Å². The predicted molar refractivity (Wildman–Crippen MR) is 207 cm³/mol. The zero-order valence-corrected chi connectivity index (χ0v) is 28.2. The largest absolute Gasteiger partial charge is 0.247 e. The highest BCUT2D eigenvalue weighted by molar-refractivity contribution is 6.02. The van der Waals surface area contributed by atoms with Crippen LogP contribution in [0.3, 0.4) is 0 Å². The van der Waals surface area contributed by atoms with E-state index in [9.17, 15) is 0 Å². The fourth-order valence-corrected chi connectivity index (χ4v) is 9.14. The van der Waals surface area contributed by atoms with Crippen molar-refractivity contribution in [3.8, 4) is 44.6 Å². The summed E-state index contributed by atoms with van der Waals surface area (Å²) in [6, 6.07) is 64.8. The van der Waals surface area contributed by atoms with Gasteiger partial charge in [0.15, 0.2) is 0 Å². The van der Waals surface area contributed by atoms with Gasteiger partial charge in [-0.25, -0.2) is 4.98 Å². The molecule has 50 heavy (non-hydrogen) atoms. The van der Waals surface area contributed by atoms with E-state index in [1.165, 1.54) is 77.7 Å². The summed E-state index contributed by atoms with van der Waals surface area (Å²) in [6.07, 6.45) is 0. The van der Waals surface area contributed by atoms with Gasteiger partial charge >= 0.3 is 0 Å². The van der Waals surface area contributed by atoms with E-state index >= 15 is 0 Å². The van der Waals surface area contributed by atoms with Crippen LogP contribution < -0.4 is 0 Å². The van der Waals surface area contributed by atoms with Gasteiger partial charge in [0.1, 0.15) is 0 Å². The van der Waals surface area contributed by atoms with Gasteiger partial charge in [0.2, 0.25) is 0 Å². The van der Waals surface area contributed by atoms with Gasteiger partial charge in [-0.3, -0.25) is 0 Å². The third-order valence-electron chi connectivity index (χ3n) is 11.3. The van der Waals surface area contributed by atoms with E-state index in [4.69, 9.17) is 4.98 Å². The van der Waals surface area contributed by atoms with Crippen molar-refractivity contribution in [2.45, 2.75) is 24.7 Å². The van der Waals surface area contributed by atoms with Gasteiger partial charge < -0.3 is 0 Å². The molecule has 0 saturated carbocycles. The van der Waals surface area contributed by atoms with E-state index in [0.717, 1.165) is 11.2 Å². The van der Waals surface area contributed by atoms with Gasteiger partial charge in [-0.15, -0.1) is 0 Å². The standard InChI is InChI=1S/C49H35N/c1-48(2)41-22-12-10-20-39(41)47-46(48)45(40-21-11-14-24-44(40)50-47)33-27-25-32(26-28-33)34-29-30-38-37-19-9-13-23-42(37)49(43(38)31-34,35-15-5-3-6-16-35)36-17-7-4-8-18-36/h3-31H,1-2H3. The molecule has 1 nitrogen and oxygen atoms in total. The Morgan fingerprint density at radius 3 is 1.68 bits per heavy atom. The maximum atomic E-state index is 5.26. The Labute approximate surface area is 293 Å². The Bertz CT molecular complexity index is 2560. The van der Waals surface area contributed by atoms with Crippen LogP contribution in [0, 0.1) is 0 Å². The van der Waals surface area contributed by atoms with Crippen LogP contribution in [0.25, 0.3) is 55.5 Å². The molecule has 0 radical (unpaired) electrons. The van der Waals surface area contributed by atoms with E-state index in [2.05, 4.69) is 190 Å². The van der Waals surface area contributed by atoms with Crippen LogP contribution in [0.2, 0.25) is 0 Å². The van der Waals surface area contributed by atoms with E-state index < -0.39 is 5.41 Å².